The molecule has 0 spiro atoms. The molecule has 0 radical (unpaired) electrons. The van der Waals surface area contributed by atoms with Gasteiger partial charge in [0.2, 0.25) is 11.6 Å². The van der Waals surface area contributed by atoms with Gasteiger partial charge in [0, 0.05) is 87.8 Å². The fraction of sp³-hybridized carbons (Fsp3) is 0.774. The molecule has 0 bridgehead atoms. The van der Waals surface area contributed by atoms with Crippen molar-refractivity contribution < 1.29 is 91.2 Å². The van der Waals surface area contributed by atoms with E-state index in [1.807, 2.05) is 159 Å². The average molecular weight is 1450 g/mol. The molecule has 24 atom stereocenters. The summed E-state index contributed by atoms with van der Waals surface area (Å²) in [5.41, 5.74) is -12.6. The van der Waals surface area contributed by atoms with Crippen LogP contribution in [0.25, 0.3) is 0 Å². The van der Waals surface area contributed by atoms with Gasteiger partial charge in [-0.1, -0.05) is 203 Å². The monoisotopic (exact) mass is 1450 g/mol. The molecule has 0 aromatic heterocycles. The third kappa shape index (κ3) is 12.4. The van der Waals surface area contributed by atoms with E-state index in [0.29, 0.717) is 57.8 Å². The second-order valence-electron chi connectivity index (χ2n) is 32.7. The highest BCUT2D eigenvalue weighted by Crippen LogP contribution is 2.75. The van der Waals surface area contributed by atoms with Crippen LogP contribution in [-0.2, 0) is 52.5 Å². The molecule has 9 saturated carbocycles. The number of aliphatic hydroxyl groups excluding tert-OH is 4. The van der Waals surface area contributed by atoms with Gasteiger partial charge < -0.3 is 44.5 Å². The van der Waals surface area contributed by atoms with E-state index in [2.05, 4.69) is 0 Å². The van der Waals surface area contributed by atoms with E-state index in [-0.39, 0.29) is 68.6 Å². The molecule has 19 heteroatoms. The molecule has 16 nitrogen and oxygen atoms in total. The van der Waals surface area contributed by atoms with Gasteiger partial charge in [0.25, 0.3) is 0 Å². The second-order valence-corrected chi connectivity index (χ2v) is 32.7. The van der Waals surface area contributed by atoms with Crippen LogP contribution in [0.2, 0.25) is 0 Å². The second kappa shape index (κ2) is 31.6. The minimum absolute atomic E-state index is 0.00789. The fourth-order valence-electron chi connectivity index (χ4n) is 23.8. The van der Waals surface area contributed by atoms with Crippen LogP contribution < -0.4 is 0 Å². The van der Waals surface area contributed by atoms with Gasteiger partial charge in [-0.25, -0.2) is 13.2 Å². The number of ketones is 3. The number of fused-ring (bicyclic) bond motifs is 15. The van der Waals surface area contributed by atoms with Crippen LogP contribution >= 0.6 is 0 Å². The van der Waals surface area contributed by atoms with Crippen LogP contribution in [0.5, 0.6) is 0 Å². The summed E-state index contributed by atoms with van der Waals surface area (Å²) in [4.78, 5) is 89.1. The molecule has 0 saturated heterocycles. The lowest BCUT2D eigenvalue weighted by Crippen LogP contribution is -2.70. The predicted octanol–water partition coefficient (Wildman–Crippen LogP) is 15.1. The third-order valence-electron chi connectivity index (χ3n) is 28.9. The quantitative estimate of drug-likeness (QED) is 0.0800. The summed E-state index contributed by atoms with van der Waals surface area (Å²) in [6, 6.07) is 0. The number of Topliss-reactive ketones (excluding diaryl/α,β-unsaturated/α-hetero) is 3. The zero-order valence-corrected chi connectivity index (χ0v) is 65.5. The Bertz CT molecular complexity index is 3200. The summed E-state index contributed by atoms with van der Waals surface area (Å²) in [6.07, 6.45) is 21.3. The van der Waals surface area contributed by atoms with Crippen LogP contribution in [0.1, 0.15) is 254 Å². The molecule has 5 N–H and O–H groups in total. The molecule has 580 valence electrons. The van der Waals surface area contributed by atoms with E-state index in [0.717, 1.165) is 36.0 Å². The Morgan fingerprint density at radius 1 is 0.437 bits per heavy atom. The summed E-state index contributed by atoms with van der Waals surface area (Å²) >= 11 is 0. The molecule has 9 fully saturated rings. The largest absolute Gasteiger partial charge is 0.457 e. The Kier molecular flexibility index (Phi) is 26.2. The van der Waals surface area contributed by atoms with Gasteiger partial charge in [0.1, 0.15) is 29.2 Å². The van der Waals surface area contributed by atoms with E-state index < -0.39 is 175 Å². The van der Waals surface area contributed by atoms with Crippen molar-refractivity contribution in [1.29, 1.82) is 0 Å². The molecular weight excluding hydrogens is 1320 g/mol. The smallest absolute Gasteiger partial charge is 0.306 e. The summed E-state index contributed by atoms with van der Waals surface area (Å²) in [5.74, 6) is -7.00. The highest BCUT2D eigenvalue weighted by Gasteiger charge is 2.80. The summed E-state index contributed by atoms with van der Waals surface area (Å²) < 4.78 is 74.0. The average Bonchev–Trinajstić information content (AvgIpc) is 1.62. The zero-order valence-electron chi connectivity index (χ0n) is 65.5. The standard InChI is InChI=1S/2C28H39FO6.C22H31FO4.3C2H6/c2*1-6-23(32)34-16-22(31)28(35-24(33)7-2)17(3)14-20-19-12-11-18-10-8-9-13-25(18,4)27(19,29)21(30)15-26(20,28)5;1-13-10-16-15-8-7-14-6-4-5-9-19(14,2)21(15,23)17(25)11-20(16,3)22(13,27)18(26)12-24;3*1-2/h2*8-10,17,19-21,30H,6-7,11-16H2,1-5H3;4-6,13,15-17,24-25,27H,7-12H2,1-3H3;3*1-2H3/t2*17-,19-,20-,21-,25-,26-,27-,28-;13-,15-,16-,17-,19-,20-,21-,22-;;;/m000.../s1. The molecule has 12 aliphatic rings. The Balaban J connectivity index is 0.000000210. The number of esters is 4. The van der Waals surface area contributed by atoms with Gasteiger partial charge in [0.15, 0.2) is 30.2 Å². The van der Waals surface area contributed by atoms with Crippen molar-refractivity contribution in [1.82, 2.24) is 0 Å². The number of carbonyl (C=O) groups excluding carboxylic acids is 7. The van der Waals surface area contributed by atoms with Gasteiger partial charge in [-0.05, 0) is 120 Å². The van der Waals surface area contributed by atoms with Gasteiger partial charge in [0.05, 0.1) is 18.3 Å². The lowest BCUT2D eigenvalue weighted by molar-refractivity contribution is -0.234. The fourth-order valence-corrected chi connectivity index (χ4v) is 23.8. The molecule has 0 heterocycles. The number of aliphatic hydroxyl groups is 5. The van der Waals surface area contributed by atoms with Gasteiger partial charge in [-0.2, -0.15) is 0 Å². The minimum Gasteiger partial charge on any atom is -0.457 e. The number of rotatable bonds is 14. The van der Waals surface area contributed by atoms with Crippen molar-refractivity contribution in [3.63, 3.8) is 0 Å². The minimum atomic E-state index is -1.85. The van der Waals surface area contributed by atoms with E-state index in [4.69, 9.17) is 18.9 Å². The van der Waals surface area contributed by atoms with Crippen LogP contribution in [0.15, 0.2) is 71.4 Å². The van der Waals surface area contributed by atoms with Gasteiger partial charge >= 0.3 is 23.9 Å². The molecule has 0 aromatic carbocycles. The van der Waals surface area contributed by atoms with Crippen molar-refractivity contribution in [2.24, 2.45) is 85.8 Å². The summed E-state index contributed by atoms with van der Waals surface area (Å²) in [6.45, 7) is 33.7. The van der Waals surface area contributed by atoms with Crippen LogP contribution in [0, 0.1) is 85.8 Å². The topological polar surface area (TPSA) is 258 Å². The molecule has 12 aliphatic carbocycles. The van der Waals surface area contributed by atoms with E-state index in [9.17, 15) is 59.1 Å². The van der Waals surface area contributed by atoms with Crippen LogP contribution in [-0.4, -0.2) is 139 Å². The Hall–Kier alpha value is -5.08. The maximum absolute atomic E-state index is 17.4. The Labute approximate surface area is 612 Å². The van der Waals surface area contributed by atoms with Gasteiger partial charge in [-0.15, -0.1) is 0 Å². The van der Waals surface area contributed by atoms with E-state index in [1.54, 1.807) is 27.7 Å². The molecule has 0 aromatic rings. The third-order valence-corrected chi connectivity index (χ3v) is 28.9. The maximum Gasteiger partial charge on any atom is 0.306 e. The Morgan fingerprint density at radius 2 is 0.718 bits per heavy atom. The maximum atomic E-state index is 17.4. The van der Waals surface area contributed by atoms with Crippen molar-refractivity contribution >= 4 is 41.2 Å². The normalized spacial score (nSPS) is 44.2. The van der Waals surface area contributed by atoms with E-state index in [1.165, 1.54) is 0 Å². The first kappa shape index (κ1) is 85.2. The lowest BCUT2D eigenvalue weighted by Gasteiger charge is -2.63. The highest BCUT2D eigenvalue weighted by atomic mass is 19.2. The SMILES string of the molecule is CC.CC.CC.CCC(=O)OCC(=O)[C@@]1(OC(=O)CC)[C@@H](C)C[C@H]2[C@@H]3CCC4=CC=CC[C@]4(C)[C@@]3(F)[C@@H](O)C[C@@]21C.CCC(=O)OCC(=O)[C@@]1(OC(=O)CC)[C@@H](C)C[C@H]2[C@@H]3CCC4=CC=CC[C@]4(C)[C@@]3(F)[C@@H](O)C[C@@]21C.C[C@H]1C[C@H]2[C@@H]3CCC4=CC=CC[C@]4(C)[C@@]3(F)[C@@H](O)C[C@]2(C)[C@@]1(O)C(=O)CO. The predicted molar refractivity (Wildman–Crippen MR) is 389 cm³/mol. The molecule has 103 heavy (non-hydrogen) atoms. The number of alkyl halides is 3. The summed E-state index contributed by atoms with van der Waals surface area (Å²) in [5, 5.41) is 55.1. The zero-order chi connectivity index (χ0) is 77.5. The number of hydrogen-bond acceptors (Lipinski definition) is 16. The van der Waals surface area contributed by atoms with Crippen molar-refractivity contribution in [2.45, 2.75) is 306 Å². The Morgan fingerprint density at radius 3 is 1.01 bits per heavy atom. The van der Waals surface area contributed by atoms with Gasteiger partial charge in [-0.3, -0.25) is 33.6 Å². The molecular formula is C84H127F3O16. The number of ether oxygens (including phenoxy) is 4. The van der Waals surface area contributed by atoms with Crippen molar-refractivity contribution in [3.8, 4) is 0 Å². The van der Waals surface area contributed by atoms with Crippen LogP contribution in [0.4, 0.5) is 13.2 Å². The first-order valence-corrected chi connectivity index (χ1v) is 39.3. The molecule has 0 amide bonds. The molecule has 0 unspecified atom stereocenters. The number of halogens is 3. The van der Waals surface area contributed by atoms with Crippen molar-refractivity contribution in [3.05, 3.63) is 71.4 Å². The first-order valence-electron chi connectivity index (χ1n) is 39.3. The first-order chi connectivity index (χ1) is 48.4. The number of carbonyl (C=O) groups is 7. The number of hydrogen-bond donors (Lipinski definition) is 5. The highest BCUT2D eigenvalue weighted by molar-refractivity contribution is 5.95. The lowest BCUT2D eigenvalue weighted by atomic mass is 9.44. The van der Waals surface area contributed by atoms with Crippen LogP contribution in [0.3, 0.4) is 0 Å². The molecule has 12 rings (SSSR count). The molecule has 0 aliphatic heterocycles. The van der Waals surface area contributed by atoms with E-state index >= 15 is 13.2 Å². The summed E-state index contributed by atoms with van der Waals surface area (Å²) in [7, 11) is 0. The number of allylic oxidation sites excluding steroid dienone is 12. The van der Waals surface area contributed by atoms with Crippen molar-refractivity contribution in [2.75, 3.05) is 19.8 Å².